The number of nitrogens with zero attached hydrogens (tertiary/aromatic N) is 1. The second-order valence-electron chi connectivity index (χ2n) is 4.72. The van der Waals surface area contributed by atoms with Gasteiger partial charge in [-0.15, -0.1) is 0 Å². The lowest BCUT2D eigenvalue weighted by molar-refractivity contribution is -0.132. The lowest BCUT2D eigenvalue weighted by Crippen LogP contribution is -2.33. The van der Waals surface area contributed by atoms with Crippen molar-refractivity contribution < 1.29 is 9.90 Å². The van der Waals surface area contributed by atoms with E-state index in [9.17, 15) is 4.79 Å². The minimum absolute atomic E-state index is 0.454. The van der Waals surface area contributed by atoms with E-state index in [2.05, 4.69) is 11.8 Å². The molecule has 0 aliphatic carbocycles. The van der Waals surface area contributed by atoms with Crippen molar-refractivity contribution in [3.8, 4) is 0 Å². The van der Waals surface area contributed by atoms with Crippen LogP contribution in [0.3, 0.4) is 0 Å². The summed E-state index contributed by atoms with van der Waals surface area (Å²) < 4.78 is 0. The van der Waals surface area contributed by atoms with E-state index in [0.717, 1.165) is 25.6 Å². The largest absolute Gasteiger partial charge is 0.478 e. The molecule has 0 unspecified atom stereocenters. The Hall–Kier alpha value is -0.830. The molecule has 1 rings (SSSR count). The van der Waals surface area contributed by atoms with E-state index in [1.54, 1.807) is 6.92 Å². The summed E-state index contributed by atoms with van der Waals surface area (Å²) in [6.45, 7) is 6.93. The molecule has 0 saturated carbocycles. The zero-order chi connectivity index (χ0) is 12.0. The first-order valence-electron chi connectivity index (χ1n) is 6.26. The van der Waals surface area contributed by atoms with E-state index < -0.39 is 5.97 Å². The second kappa shape index (κ2) is 6.69. The topological polar surface area (TPSA) is 40.5 Å². The predicted octanol–water partition coefficient (Wildman–Crippen LogP) is 2.53. The van der Waals surface area contributed by atoms with Crippen LogP contribution in [0.15, 0.2) is 11.6 Å². The van der Waals surface area contributed by atoms with Gasteiger partial charge in [0.05, 0.1) is 0 Å². The molecule has 1 saturated heterocycles. The first-order chi connectivity index (χ1) is 7.63. The molecule has 0 aromatic rings. The molecule has 0 aromatic carbocycles. The van der Waals surface area contributed by atoms with Crippen LogP contribution in [0.4, 0.5) is 0 Å². The van der Waals surface area contributed by atoms with Gasteiger partial charge in [0.1, 0.15) is 0 Å². The van der Waals surface area contributed by atoms with Gasteiger partial charge in [0.15, 0.2) is 0 Å². The second-order valence-corrected chi connectivity index (χ2v) is 4.72. The summed E-state index contributed by atoms with van der Waals surface area (Å²) >= 11 is 0. The van der Waals surface area contributed by atoms with Gasteiger partial charge in [0, 0.05) is 12.1 Å². The Morgan fingerprint density at radius 2 is 2.06 bits per heavy atom. The number of carboxylic acid groups (broad SMARTS) is 1. The zero-order valence-corrected chi connectivity index (χ0v) is 10.4. The van der Waals surface area contributed by atoms with Crippen molar-refractivity contribution in [2.24, 2.45) is 5.92 Å². The normalized spacial score (nSPS) is 20.0. The highest BCUT2D eigenvalue weighted by Crippen LogP contribution is 2.21. The van der Waals surface area contributed by atoms with Crippen LogP contribution >= 0.6 is 0 Å². The van der Waals surface area contributed by atoms with Crippen LogP contribution < -0.4 is 0 Å². The van der Waals surface area contributed by atoms with Crippen molar-refractivity contribution in [2.45, 2.75) is 39.5 Å². The highest BCUT2D eigenvalue weighted by Gasteiger charge is 2.17. The van der Waals surface area contributed by atoms with Gasteiger partial charge in [-0.2, -0.15) is 0 Å². The van der Waals surface area contributed by atoms with Gasteiger partial charge < -0.3 is 5.11 Å². The van der Waals surface area contributed by atoms with E-state index >= 15 is 0 Å². The Morgan fingerprint density at radius 3 is 2.56 bits per heavy atom. The Kier molecular flexibility index (Phi) is 5.53. The van der Waals surface area contributed by atoms with E-state index in [0.29, 0.717) is 5.57 Å². The van der Waals surface area contributed by atoms with E-state index in [1.165, 1.54) is 25.7 Å². The number of carbonyl (C=O) groups is 1. The molecular formula is C13H23NO2. The van der Waals surface area contributed by atoms with Gasteiger partial charge in [-0.1, -0.05) is 25.8 Å². The maximum atomic E-state index is 10.6. The molecule has 1 aliphatic heterocycles. The minimum Gasteiger partial charge on any atom is -0.478 e. The van der Waals surface area contributed by atoms with Crippen LogP contribution in [0, 0.1) is 5.92 Å². The van der Waals surface area contributed by atoms with Crippen molar-refractivity contribution in [1.82, 2.24) is 4.90 Å². The fourth-order valence-electron chi connectivity index (χ4n) is 2.22. The van der Waals surface area contributed by atoms with Gasteiger partial charge in [0.25, 0.3) is 0 Å². The number of hydrogen-bond donors (Lipinski definition) is 1. The minimum atomic E-state index is -0.805. The van der Waals surface area contributed by atoms with Crippen LogP contribution in [0.2, 0.25) is 0 Å². The molecule has 0 amide bonds. The number of likely N-dealkylation sites (tertiary alicyclic amines) is 1. The van der Waals surface area contributed by atoms with Crippen molar-refractivity contribution in [3.05, 3.63) is 11.6 Å². The molecule has 92 valence electrons. The predicted molar refractivity (Wildman–Crippen MR) is 65.5 cm³/mol. The van der Waals surface area contributed by atoms with Gasteiger partial charge >= 0.3 is 5.97 Å². The smallest absolute Gasteiger partial charge is 0.330 e. The van der Waals surface area contributed by atoms with Gasteiger partial charge in [-0.25, -0.2) is 4.79 Å². The average Bonchev–Trinajstić information content (AvgIpc) is 2.28. The van der Waals surface area contributed by atoms with Gasteiger partial charge in [-0.05, 0) is 38.8 Å². The third-order valence-corrected chi connectivity index (χ3v) is 3.40. The Morgan fingerprint density at radius 1 is 1.44 bits per heavy atom. The Labute approximate surface area is 98.1 Å². The standard InChI is InChI=1S/C13H23NO2/c1-3-4-12-6-9-14(10-7-12)8-5-11(2)13(15)16/h5,12H,3-4,6-10H2,1-2H3,(H,15,16). The van der Waals surface area contributed by atoms with Crippen LogP contribution in [0.25, 0.3) is 0 Å². The molecular weight excluding hydrogens is 202 g/mol. The SMILES string of the molecule is CCCC1CCN(CC=C(C)C(=O)O)CC1. The van der Waals surface area contributed by atoms with Gasteiger partial charge in [0.2, 0.25) is 0 Å². The molecule has 16 heavy (non-hydrogen) atoms. The maximum absolute atomic E-state index is 10.6. The summed E-state index contributed by atoms with van der Waals surface area (Å²) in [5.41, 5.74) is 0.454. The summed E-state index contributed by atoms with van der Waals surface area (Å²) in [6, 6.07) is 0. The lowest BCUT2D eigenvalue weighted by Gasteiger charge is -2.31. The molecule has 1 N–H and O–H groups in total. The molecule has 3 nitrogen and oxygen atoms in total. The van der Waals surface area contributed by atoms with Crippen molar-refractivity contribution in [2.75, 3.05) is 19.6 Å². The van der Waals surface area contributed by atoms with Crippen molar-refractivity contribution in [1.29, 1.82) is 0 Å². The Bertz CT molecular complexity index is 253. The number of rotatable bonds is 5. The number of hydrogen-bond acceptors (Lipinski definition) is 2. The fraction of sp³-hybridized carbons (Fsp3) is 0.769. The highest BCUT2D eigenvalue weighted by atomic mass is 16.4. The molecule has 0 bridgehead atoms. The monoisotopic (exact) mass is 225 g/mol. The van der Waals surface area contributed by atoms with Crippen molar-refractivity contribution in [3.63, 3.8) is 0 Å². The number of piperidine rings is 1. The zero-order valence-electron chi connectivity index (χ0n) is 10.4. The highest BCUT2D eigenvalue weighted by molar-refractivity contribution is 5.85. The van der Waals surface area contributed by atoms with Crippen LogP contribution in [0.1, 0.15) is 39.5 Å². The first kappa shape index (κ1) is 13.2. The summed E-state index contributed by atoms with van der Waals surface area (Å²) in [7, 11) is 0. The number of carboxylic acids is 1. The van der Waals surface area contributed by atoms with E-state index in [1.807, 2.05) is 6.08 Å². The van der Waals surface area contributed by atoms with Crippen LogP contribution in [0.5, 0.6) is 0 Å². The number of aliphatic carboxylic acids is 1. The average molecular weight is 225 g/mol. The van der Waals surface area contributed by atoms with Crippen LogP contribution in [-0.4, -0.2) is 35.6 Å². The fourth-order valence-corrected chi connectivity index (χ4v) is 2.22. The molecule has 1 aliphatic rings. The third kappa shape index (κ3) is 4.35. The van der Waals surface area contributed by atoms with Gasteiger partial charge in [-0.3, -0.25) is 4.90 Å². The summed E-state index contributed by atoms with van der Waals surface area (Å²) in [5.74, 6) is 0.0895. The van der Waals surface area contributed by atoms with E-state index in [-0.39, 0.29) is 0 Å². The molecule has 0 atom stereocenters. The quantitative estimate of drug-likeness (QED) is 0.731. The van der Waals surface area contributed by atoms with E-state index in [4.69, 9.17) is 5.11 Å². The van der Waals surface area contributed by atoms with Crippen LogP contribution in [-0.2, 0) is 4.79 Å². The molecule has 1 fully saturated rings. The molecule has 0 spiro atoms. The first-order valence-corrected chi connectivity index (χ1v) is 6.26. The lowest BCUT2D eigenvalue weighted by atomic mass is 9.92. The Balaban J connectivity index is 2.27. The van der Waals surface area contributed by atoms with Crippen molar-refractivity contribution >= 4 is 5.97 Å². The summed E-state index contributed by atoms with van der Waals surface area (Å²) in [6.07, 6.45) is 6.99. The maximum Gasteiger partial charge on any atom is 0.330 e. The molecule has 0 radical (unpaired) electrons. The molecule has 3 heteroatoms. The summed E-state index contributed by atoms with van der Waals surface area (Å²) in [5, 5.41) is 8.74. The summed E-state index contributed by atoms with van der Waals surface area (Å²) in [4.78, 5) is 13.0. The molecule has 1 heterocycles. The third-order valence-electron chi connectivity index (χ3n) is 3.40. The molecule has 0 aromatic heterocycles.